The predicted molar refractivity (Wildman–Crippen MR) is 82.6 cm³/mol. The van der Waals surface area contributed by atoms with Gasteiger partial charge >= 0.3 is 0 Å². The van der Waals surface area contributed by atoms with Crippen molar-refractivity contribution in [2.75, 3.05) is 25.2 Å². The van der Waals surface area contributed by atoms with E-state index in [-0.39, 0.29) is 6.04 Å². The monoisotopic (exact) mass is 264 g/mol. The lowest BCUT2D eigenvalue weighted by atomic mass is 10.0. The van der Waals surface area contributed by atoms with E-state index in [2.05, 4.69) is 49.9 Å². The van der Waals surface area contributed by atoms with Crippen LogP contribution in [0.3, 0.4) is 0 Å². The van der Waals surface area contributed by atoms with E-state index in [0.717, 1.165) is 26.0 Å². The second-order valence-electron chi connectivity index (χ2n) is 5.02. The number of nitrogens with zero attached hydrogens (tertiary/aromatic N) is 1. The molecule has 0 bridgehead atoms. The molecule has 0 heterocycles. The zero-order chi connectivity index (χ0) is 14.3. The van der Waals surface area contributed by atoms with Gasteiger partial charge in [0.05, 0.1) is 6.61 Å². The molecule has 3 nitrogen and oxygen atoms in total. The Labute approximate surface area is 117 Å². The summed E-state index contributed by atoms with van der Waals surface area (Å²) in [4.78, 5) is 2.41. The van der Waals surface area contributed by atoms with Crippen LogP contribution in [0.2, 0.25) is 0 Å². The summed E-state index contributed by atoms with van der Waals surface area (Å²) in [5.74, 6) is 0. The molecule has 1 rings (SSSR count). The fourth-order valence-corrected chi connectivity index (χ4v) is 2.27. The molecule has 0 spiro atoms. The lowest BCUT2D eigenvalue weighted by molar-refractivity contribution is 0.203. The summed E-state index contributed by atoms with van der Waals surface area (Å²) >= 11 is 0. The molecule has 0 aromatic heterocycles. The molecule has 1 unspecified atom stereocenters. The Morgan fingerprint density at radius 2 is 1.89 bits per heavy atom. The van der Waals surface area contributed by atoms with Crippen LogP contribution < -0.4 is 10.6 Å². The van der Waals surface area contributed by atoms with Crippen LogP contribution in [0.4, 0.5) is 5.69 Å². The van der Waals surface area contributed by atoms with Crippen LogP contribution in [-0.2, 0) is 4.74 Å². The summed E-state index contributed by atoms with van der Waals surface area (Å²) in [6, 6.07) is 9.06. The molecule has 0 saturated heterocycles. The molecule has 3 heteroatoms. The third kappa shape index (κ3) is 4.22. The first-order valence-corrected chi connectivity index (χ1v) is 7.25. The minimum atomic E-state index is 0.102. The fourth-order valence-electron chi connectivity index (χ4n) is 2.27. The normalized spacial score (nSPS) is 14.2. The average Bonchev–Trinajstić information content (AvgIpc) is 2.46. The van der Waals surface area contributed by atoms with Gasteiger partial charge in [0.15, 0.2) is 0 Å². The van der Waals surface area contributed by atoms with Gasteiger partial charge < -0.3 is 15.4 Å². The Morgan fingerprint density at radius 3 is 2.47 bits per heavy atom. The molecule has 0 aliphatic rings. The van der Waals surface area contributed by atoms with Crippen LogP contribution in [-0.4, -0.2) is 26.3 Å². The van der Waals surface area contributed by atoms with Crippen LogP contribution in [0.15, 0.2) is 24.3 Å². The quantitative estimate of drug-likeness (QED) is 0.782. The summed E-state index contributed by atoms with van der Waals surface area (Å²) in [5, 5.41) is 0. The zero-order valence-corrected chi connectivity index (χ0v) is 12.7. The van der Waals surface area contributed by atoms with Gasteiger partial charge in [-0.25, -0.2) is 0 Å². The maximum absolute atomic E-state index is 6.25. The largest absolute Gasteiger partial charge is 0.383 e. The standard InChI is InChI=1S/C16H28N2O/c1-5-13(3)18(11-12-19-4)16-10-8-7-9-14(16)15(17)6-2/h7-10,13,15H,5-6,11-12,17H2,1-4H3/t13?,15-/m1/s1. The Hall–Kier alpha value is -1.06. The molecule has 0 aliphatic carbocycles. The highest BCUT2D eigenvalue weighted by Crippen LogP contribution is 2.28. The smallest absolute Gasteiger partial charge is 0.0637 e. The SMILES string of the molecule is CCC(C)N(CCOC)c1ccccc1[C@H](N)CC. The van der Waals surface area contributed by atoms with Crippen molar-refractivity contribution in [1.29, 1.82) is 0 Å². The second-order valence-corrected chi connectivity index (χ2v) is 5.02. The number of benzene rings is 1. The van der Waals surface area contributed by atoms with Crippen molar-refractivity contribution in [3.63, 3.8) is 0 Å². The highest BCUT2D eigenvalue weighted by Gasteiger charge is 2.18. The van der Waals surface area contributed by atoms with Crippen LogP contribution in [0.25, 0.3) is 0 Å². The zero-order valence-electron chi connectivity index (χ0n) is 12.7. The summed E-state index contributed by atoms with van der Waals surface area (Å²) in [6.45, 7) is 8.24. The molecule has 2 N–H and O–H groups in total. The van der Waals surface area contributed by atoms with Gasteiger partial charge in [-0.2, -0.15) is 0 Å². The first kappa shape index (κ1) is 16.0. The molecule has 2 atom stereocenters. The number of hydrogen-bond donors (Lipinski definition) is 1. The van der Waals surface area contributed by atoms with Crippen molar-refractivity contribution in [3.8, 4) is 0 Å². The minimum Gasteiger partial charge on any atom is -0.383 e. The van der Waals surface area contributed by atoms with Gasteiger partial charge in [-0.05, 0) is 31.4 Å². The Kier molecular flexibility index (Phi) is 6.89. The van der Waals surface area contributed by atoms with E-state index < -0.39 is 0 Å². The number of methoxy groups -OCH3 is 1. The number of anilines is 1. The Morgan fingerprint density at radius 1 is 1.21 bits per heavy atom. The van der Waals surface area contributed by atoms with E-state index >= 15 is 0 Å². The Balaban J connectivity index is 3.06. The van der Waals surface area contributed by atoms with E-state index in [1.165, 1.54) is 11.3 Å². The molecule has 0 fully saturated rings. The molecule has 19 heavy (non-hydrogen) atoms. The Bertz CT molecular complexity index is 368. The summed E-state index contributed by atoms with van der Waals surface area (Å²) < 4.78 is 5.24. The first-order valence-electron chi connectivity index (χ1n) is 7.25. The van der Waals surface area contributed by atoms with Crippen molar-refractivity contribution in [2.24, 2.45) is 5.73 Å². The van der Waals surface area contributed by atoms with Crippen LogP contribution in [0.1, 0.15) is 45.2 Å². The molecular formula is C16H28N2O. The van der Waals surface area contributed by atoms with Crippen molar-refractivity contribution < 1.29 is 4.74 Å². The minimum absolute atomic E-state index is 0.102. The van der Waals surface area contributed by atoms with Crippen LogP contribution in [0.5, 0.6) is 0 Å². The third-order valence-electron chi connectivity index (χ3n) is 3.74. The topological polar surface area (TPSA) is 38.5 Å². The maximum Gasteiger partial charge on any atom is 0.0637 e. The van der Waals surface area contributed by atoms with Crippen molar-refractivity contribution in [3.05, 3.63) is 29.8 Å². The van der Waals surface area contributed by atoms with Crippen molar-refractivity contribution in [1.82, 2.24) is 0 Å². The van der Waals surface area contributed by atoms with Gasteiger partial charge in [0.25, 0.3) is 0 Å². The van der Waals surface area contributed by atoms with E-state index in [9.17, 15) is 0 Å². The van der Waals surface area contributed by atoms with E-state index in [4.69, 9.17) is 10.5 Å². The molecule has 1 aromatic carbocycles. The molecule has 0 saturated carbocycles. The lowest BCUT2D eigenvalue weighted by Crippen LogP contribution is -2.36. The number of hydrogen-bond acceptors (Lipinski definition) is 3. The number of rotatable bonds is 8. The van der Waals surface area contributed by atoms with Gasteiger partial charge in [-0.15, -0.1) is 0 Å². The lowest BCUT2D eigenvalue weighted by Gasteiger charge is -2.33. The van der Waals surface area contributed by atoms with Gasteiger partial charge in [-0.3, -0.25) is 0 Å². The molecule has 1 aromatic rings. The molecule has 0 radical (unpaired) electrons. The van der Waals surface area contributed by atoms with E-state index in [1.54, 1.807) is 7.11 Å². The molecular weight excluding hydrogens is 236 g/mol. The van der Waals surface area contributed by atoms with Crippen LogP contribution in [0, 0.1) is 0 Å². The number of para-hydroxylation sites is 1. The molecule has 0 amide bonds. The number of ether oxygens (including phenoxy) is 1. The number of nitrogens with two attached hydrogens (primary N) is 1. The van der Waals surface area contributed by atoms with Gasteiger partial charge in [0, 0.05) is 31.4 Å². The molecule has 108 valence electrons. The fraction of sp³-hybridized carbons (Fsp3) is 0.625. The summed E-state index contributed by atoms with van der Waals surface area (Å²) in [6.07, 6.45) is 2.06. The predicted octanol–water partition coefficient (Wildman–Crippen LogP) is 3.35. The van der Waals surface area contributed by atoms with E-state index in [1.807, 2.05) is 0 Å². The second kappa shape index (κ2) is 8.18. The van der Waals surface area contributed by atoms with Crippen molar-refractivity contribution in [2.45, 2.75) is 45.7 Å². The highest BCUT2D eigenvalue weighted by atomic mass is 16.5. The van der Waals surface area contributed by atoms with Gasteiger partial charge in [0.2, 0.25) is 0 Å². The summed E-state index contributed by atoms with van der Waals surface area (Å²) in [5.41, 5.74) is 8.74. The molecule has 0 aliphatic heterocycles. The van der Waals surface area contributed by atoms with Crippen molar-refractivity contribution >= 4 is 5.69 Å². The van der Waals surface area contributed by atoms with E-state index in [0.29, 0.717) is 6.04 Å². The van der Waals surface area contributed by atoms with Gasteiger partial charge in [-0.1, -0.05) is 32.0 Å². The average molecular weight is 264 g/mol. The third-order valence-corrected chi connectivity index (χ3v) is 3.74. The summed E-state index contributed by atoms with van der Waals surface area (Å²) in [7, 11) is 1.75. The van der Waals surface area contributed by atoms with Crippen LogP contribution >= 0.6 is 0 Å². The highest BCUT2D eigenvalue weighted by molar-refractivity contribution is 5.55. The maximum atomic E-state index is 6.25. The van der Waals surface area contributed by atoms with Gasteiger partial charge in [0.1, 0.15) is 0 Å². The first-order chi connectivity index (χ1) is 9.15.